The number of aliphatic imine (C=N–C) groups is 1. The van der Waals surface area contributed by atoms with Gasteiger partial charge >= 0.3 is 0 Å². The third kappa shape index (κ3) is 2.74. The maximum absolute atomic E-state index is 12.9. The van der Waals surface area contributed by atoms with Gasteiger partial charge in [-0.05, 0) is 47.7 Å². The molecule has 25 heavy (non-hydrogen) atoms. The number of rotatable bonds is 3. The number of aliphatic hydroxyl groups is 1. The van der Waals surface area contributed by atoms with Crippen LogP contribution in [0.4, 0.5) is 5.69 Å². The van der Waals surface area contributed by atoms with E-state index >= 15 is 0 Å². The van der Waals surface area contributed by atoms with Crippen LogP contribution in [-0.4, -0.2) is 23.2 Å². The van der Waals surface area contributed by atoms with Gasteiger partial charge in [0.15, 0.2) is 0 Å². The van der Waals surface area contributed by atoms with E-state index in [4.69, 9.17) is 23.2 Å². The first-order chi connectivity index (χ1) is 12.1. The van der Waals surface area contributed by atoms with Gasteiger partial charge in [-0.15, -0.1) is 0 Å². The summed E-state index contributed by atoms with van der Waals surface area (Å²) in [5, 5.41) is 11.9. The monoisotopic (exact) mass is 369 g/mol. The average molecular weight is 370 g/mol. The van der Waals surface area contributed by atoms with E-state index in [1.54, 1.807) is 24.3 Å². The van der Waals surface area contributed by atoms with Crippen molar-refractivity contribution in [2.45, 2.75) is 6.42 Å². The van der Waals surface area contributed by atoms with Gasteiger partial charge in [0.1, 0.15) is 5.71 Å². The number of hydrogen-bond donors (Lipinski definition) is 1. The highest BCUT2D eigenvalue weighted by molar-refractivity contribution is 6.60. The topological polar surface area (TPSA) is 49.7 Å². The molecular weight excluding hydrogens is 357 g/mol. The fraction of sp³-hybridized carbons (Fsp3) is 0.100. The van der Waals surface area contributed by atoms with Crippen LogP contribution < -0.4 is 0 Å². The Bertz CT molecular complexity index is 1050. The first kappa shape index (κ1) is 16.3. The number of carbonyl (C=O) groups is 1. The molecule has 0 spiro atoms. The lowest BCUT2D eigenvalue weighted by atomic mass is 10.0. The van der Waals surface area contributed by atoms with E-state index in [2.05, 4.69) is 4.99 Å². The maximum Gasteiger partial charge on any atom is 0.212 e. The Labute approximate surface area is 154 Å². The molecule has 0 amide bonds. The van der Waals surface area contributed by atoms with Gasteiger partial charge in [-0.3, -0.25) is 4.79 Å². The molecule has 3 aromatic carbocycles. The highest BCUT2D eigenvalue weighted by Crippen LogP contribution is 2.37. The maximum atomic E-state index is 12.9. The Morgan fingerprint density at radius 3 is 2.36 bits per heavy atom. The van der Waals surface area contributed by atoms with Gasteiger partial charge in [0.05, 0.1) is 5.69 Å². The van der Waals surface area contributed by atoms with Gasteiger partial charge in [0.2, 0.25) is 5.78 Å². The van der Waals surface area contributed by atoms with E-state index in [9.17, 15) is 9.90 Å². The molecule has 1 aliphatic rings. The van der Waals surface area contributed by atoms with Crippen molar-refractivity contribution in [1.82, 2.24) is 0 Å². The van der Waals surface area contributed by atoms with E-state index in [0.29, 0.717) is 33.4 Å². The van der Waals surface area contributed by atoms with Crippen LogP contribution in [0.1, 0.15) is 21.5 Å². The molecule has 0 saturated heterocycles. The summed E-state index contributed by atoms with van der Waals surface area (Å²) >= 11 is 12.4. The molecule has 5 heteroatoms. The quantitative estimate of drug-likeness (QED) is 0.706. The fourth-order valence-corrected chi connectivity index (χ4v) is 3.69. The average Bonchev–Trinajstić information content (AvgIpc) is 2.83. The van der Waals surface area contributed by atoms with Gasteiger partial charge < -0.3 is 5.11 Å². The summed E-state index contributed by atoms with van der Waals surface area (Å²) in [6.45, 7) is 0.0209. The second kappa shape index (κ2) is 6.26. The minimum absolute atomic E-state index is 0.0209. The smallest absolute Gasteiger partial charge is 0.212 e. The summed E-state index contributed by atoms with van der Waals surface area (Å²) in [7, 11) is 0. The number of para-hydroxylation sites is 1. The minimum atomic E-state index is -0.163. The van der Waals surface area contributed by atoms with Gasteiger partial charge in [0.25, 0.3) is 0 Å². The molecule has 0 aromatic heterocycles. The van der Waals surface area contributed by atoms with Crippen molar-refractivity contribution in [1.29, 1.82) is 0 Å². The van der Waals surface area contributed by atoms with E-state index < -0.39 is 0 Å². The largest absolute Gasteiger partial charge is 0.396 e. The second-order valence-electron chi connectivity index (χ2n) is 5.90. The Morgan fingerprint density at radius 1 is 0.960 bits per heavy atom. The molecule has 1 N–H and O–H groups in total. The predicted octanol–water partition coefficient (Wildman–Crippen LogP) is 5.00. The fourth-order valence-electron chi connectivity index (χ4n) is 3.24. The van der Waals surface area contributed by atoms with Gasteiger partial charge in [-0.25, -0.2) is 4.99 Å². The molecule has 0 fully saturated rings. The lowest BCUT2D eigenvalue weighted by Crippen LogP contribution is -2.08. The Morgan fingerprint density at radius 2 is 1.64 bits per heavy atom. The predicted molar refractivity (Wildman–Crippen MR) is 102 cm³/mol. The first-order valence-electron chi connectivity index (χ1n) is 7.84. The second-order valence-corrected chi connectivity index (χ2v) is 6.77. The first-order valence-corrected chi connectivity index (χ1v) is 8.59. The van der Waals surface area contributed by atoms with Crippen molar-refractivity contribution in [2.75, 3.05) is 6.61 Å². The molecule has 124 valence electrons. The van der Waals surface area contributed by atoms with E-state index in [1.807, 2.05) is 24.3 Å². The van der Waals surface area contributed by atoms with Gasteiger partial charge in [-0.1, -0.05) is 41.4 Å². The number of halogens is 2. The Kier molecular flexibility index (Phi) is 4.08. The molecule has 0 atom stereocenters. The summed E-state index contributed by atoms with van der Waals surface area (Å²) in [5.74, 6) is -0.163. The summed E-state index contributed by atoms with van der Waals surface area (Å²) in [4.78, 5) is 17.6. The number of aliphatic hydroxyl groups excluding tert-OH is 1. The third-order valence-corrected chi connectivity index (χ3v) is 4.73. The summed E-state index contributed by atoms with van der Waals surface area (Å²) < 4.78 is 0. The molecule has 0 radical (unpaired) electrons. The molecule has 0 saturated carbocycles. The van der Waals surface area contributed by atoms with Crippen LogP contribution in [0.3, 0.4) is 0 Å². The lowest BCUT2D eigenvalue weighted by Gasteiger charge is -2.06. The van der Waals surface area contributed by atoms with Crippen LogP contribution in [0, 0.1) is 0 Å². The van der Waals surface area contributed by atoms with Crippen molar-refractivity contribution >= 4 is 51.2 Å². The zero-order valence-electron chi connectivity index (χ0n) is 13.1. The standard InChI is InChI=1S/C20H13Cl2NO2/c21-13-7-12-8-14(22)10-16-18(12)15(9-13)19(20(16)25)23-17-4-2-1-3-11(17)5-6-24/h1-4,7-10,24H,5-6H2. The number of carbonyl (C=O) groups excluding carboxylic acids is 1. The van der Waals surface area contributed by atoms with Crippen molar-refractivity contribution < 1.29 is 9.90 Å². The molecule has 3 nitrogen and oxygen atoms in total. The highest BCUT2D eigenvalue weighted by atomic mass is 35.5. The molecular formula is C20H13Cl2NO2. The highest BCUT2D eigenvalue weighted by Gasteiger charge is 2.30. The molecule has 1 aliphatic carbocycles. The van der Waals surface area contributed by atoms with Crippen molar-refractivity contribution in [2.24, 2.45) is 4.99 Å². The number of nitrogens with zero attached hydrogens (tertiary/aromatic N) is 1. The van der Waals surface area contributed by atoms with Crippen molar-refractivity contribution in [3.05, 3.63) is 75.3 Å². The number of hydrogen-bond acceptors (Lipinski definition) is 3. The number of benzene rings is 3. The Hall–Kier alpha value is -2.20. The molecule has 3 aromatic rings. The summed E-state index contributed by atoms with van der Waals surface area (Å²) in [5.41, 5.74) is 3.19. The van der Waals surface area contributed by atoms with Crippen LogP contribution in [-0.2, 0) is 6.42 Å². The van der Waals surface area contributed by atoms with Crippen LogP contribution in [0.25, 0.3) is 10.8 Å². The summed E-state index contributed by atoms with van der Waals surface area (Å²) in [6.07, 6.45) is 0.477. The van der Waals surface area contributed by atoms with Crippen molar-refractivity contribution in [3.8, 4) is 0 Å². The van der Waals surface area contributed by atoms with Crippen LogP contribution in [0.15, 0.2) is 53.5 Å². The van der Waals surface area contributed by atoms with E-state index in [-0.39, 0.29) is 12.4 Å². The van der Waals surface area contributed by atoms with Crippen LogP contribution in [0.5, 0.6) is 0 Å². The lowest BCUT2D eigenvalue weighted by molar-refractivity contribution is 0.107. The normalized spacial score (nSPS) is 14.7. The van der Waals surface area contributed by atoms with Crippen LogP contribution in [0.2, 0.25) is 10.0 Å². The van der Waals surface area contributed by atoms with E-state index in [1.165, 1.54) is 0 Å². The molecule has 0 aliphatic heterocycles. The molecule has 0 bridgehead atoms. The number of Topliss-reactive ketones (excluding diaryl/α,β-unsaturated/α-hetero) is 1. The minimum Gasteiger partial charge on any atom is -0.396 e. The van der Waals surface area contributed by atoms with E-state index in [0.717, 1.165) is 21.9 Å². The molecule has 0 unspecified atom stereocenters. The molecule has 0 heterocycles. The SMILES string of the molecule is O=C1C(=Nc2ccccc2CCO)c2cc(Cl)cc3cc(Cl)cc1c23. The molecule has 4 rings (SSSR count). The zero-order chi connectivity index (χ0) is 17.6. The summed E-state index contributed by atoms with van der Waals surface area (Å²) in [6, 6.07) is 14.5. The Balaban J connectivity index is 1.97. The number of ketones is 1. The zero-order valence-corrected chi connectivity index (χ0v) is 14.6. The van der Waals surface area contributed by atoms with Gasteiger partial charge in [-0.2, -0.15) is 0 Å². The van der Waals surface area contributed by atoms with Crippen LogP contribution >= 0.6 is 23.2 Å². The third-order valence-electron chi connectivity index (χ3n) is 4.30. The van der Waals surface area contributed by atoms with Gasteiger partial charge in [0, 0.05) is 33.2 Å². The van der Waals surface area contributed by atoms with Crippen molar-refractivity contribution in [3.63, 3.8) is 0 Å².